The minimum absolute atomic E-state index is 0.00864. The third-order valence-corrected chi connectivity index (χ3v) is 6.17. The maximum atomic E-state index is 12.1. The van der Waals surface area contributed by atoms with Crippen molar-refractivity contribution in [3.05, 3.63) is 16.5 Å². The van der Waals surface area contributed by atoms with Crippen molar-refractivity contribution in [1.29, 1.82) is 0 Å². The van der Waals surface area contributed by atoms with Crippen LogP contribution >= 0.6 is 11.3 Å². The van der Waals surface area contributed by atoms with E-state index in [1.54, 1.807) is 18.0 Å². The molecule has 1 aliphatic carbocycles. The molecule has 0 saturated carbocycles. The molecule has 1 heterocycles. The number of hydrogen-bond acceptors (Lipinski definition) is 5. The summed E-state index contributed by atoms with van der Waals surface area (Å²) in [6, 6.07) is 1.66. The van der Waals surface area contributed by atoms with Gasteiger partial charge in [-0.15, -0.1) is 11.3 Å². The fraction of sp³-hybridized carbons (Fsp3) is 0.643. The summed E-state index contributed by atoms with van der Waals surface area (Å²) in [4.78, 5) is 14.7. The molecule has 0 bridgehead atoms. The molecule has 0 saturated heterocycles. The Kier molecular flexibility index (Phi) is 4.56. The van der Waals surface area contributed by atoms with Crippen LogP contribution in [0.1, 0.15) is 37.6 Å². The number of thiophene rings is 1. The molecule has 2 rings (SSSR count). The molecule has 1 amide bonds. The van der Waals surface area contributed by atoms with Crippen LogP contribution in [0.15, 0.2) is 10.3 Å². The van der Waals surface area contributed by atoms with Gasteiger partial charge in [0.15, 0.2) is 0 Å². The van der Waals surface area contributed by atoms with Crippen LogP contribution in [0, 0.1) is 0 Å². The third kappa shape index (κ3) is 3.99. The molecule has 1 aliphatic rings. The number of ether oxygens (including phenoxy) is 1. The first kappa shape index (κ1) is 17.2. The molecule has 0 spiro atoms. The van der Waals surface area contributed by atoms with Crippen LogP contribution in [-0.2, 0) is 27.6 Å². The number of amides is 1. The number of hydrogen-bond donors (Lipinski definition) is 1. The van der Waals surface area contributed by atoms with Crippen LogP contribution in [0.3, 0.4) is 0 Å². The van der Waals surface area contributed by atoms with Crippen molar-refractivity contribution in [2.45, 2.75) is 55.9 Å². The average molecular weight is 346 g/mol. The topological polar surface area (TPSA) is 89.7 Å². The Hall–Kier alpha value is -1.12. The zero-order valence-electron chi connectivity index (χ0n) is 13.3. The zero-order valence-corrected chi connectivity index (χ0v) is 14.9. The van der Waals surface area contributed by atoms with Gasteiger partial charge in [0.1, 0.15) is 9.81 Å². The lowest BCUT2D eigenvalue weighted by atomic mass is 9.94. The molecule has 0 aromatic carbocycles. The Labute approximate surface area is 135 Å². The van der Waals surface area contributed by atoms with Crippen LogP contribution in [0.4, 0.5) is 4.79 Å². The second-order valence-electron chi connectivity index (χ2n) is 6.55. The third-order valence-electron chi connectivity index (χ3n) is 3.55. The predicted octanol–water partition coefficient (Wildman–Crippen LogP) is 2.12. The van der Waals surface area contributed by atoms with E-state index >= 15 is 0 Å². The second kappa shape index (κ2) is 5.82. The van der Waals surface area contributed by atoms with Gasteiger partial charge in [-0.05, 0) is 45.2 Å². The van der Waals surface area contributed by atoms with Gasteiger partial charge in [-0.25, -0.2) is 18.4 Å². The number of sulfonamides is 1. The molecule has 22 heavy (non-hydrogen) atoms. The molecule has 1 unspecified atom stereocenters. The number of primary sulfonamides is 1. The first-order valence-electron chi connectivity index (χ1n) is 7.07. The van der Waals surface area contributed by atoms with E-state index in [1.165, 1.54) is 11.3 Å². The number of carbonyl (C=O) groups excluding carboxylic acids is 1. The summed E-state index contributed by atoms with van der Waals surface area (Å²) in [7, 11) is -1.94. The molecule has 1 aromatic heterocycles. The van der Waals surface area contributed by atoms with E-state index in [0.29, 0.717) is 6.42 Å². The average Bonchev–Trinajstić information content (AvgIpc) is 2.78. The number of aryl methyl sites for hydroxylation is 1. The molecule has 6 nitrogen and oxygen atoms in total. The lowest BCUT2D eigenvalue weighted by molar-refractivity contribution is 0.0211. The van der Waals surface area contributed by atoms with E-state index in [2.05, 4.69) is 0 Å². The highest BCUT2D eigenvalue weighted by atomic mass is 32.2. The maximum absolute atomic E-state index is 12.1. The highest BCUT2D eigenvalue weighted by molar-refractivity contribution is 7.91. The fourth-order valence-electron chi connectivity index (χ4n) is 2.42. The van der Waals surface area contributed by atoms with Crippen molar-refractivity contribution in [2.24, 2.45) is 5.14 Å². The monoisotopic (exact) mass is 346 g/mol. The summed E-state index contributed by atoms with van der Waals surface area (Å²) in [6.45, 7) is 5.49. The molecule has 2 N–H and O–H groups in total. The molecule has 8 heteroatoms. The first-order chi connectivity index (χ1) is 9.97. The highest BCUT2D eigenvalue weighted by Crippen LogP contribution is 2.33. The standard InChI is InChI=1S/C14H22N2O4S2/c1-14(2,3)20-13(17)16(4)10-6-5-9-7-12(22(15,18)19)21-11(9)8-10/h7,10H,5-6,8H2,1-4H3,(H2,15,18,19). The molecule has 0 radical (unpaired) electrons. The summed E-state index contributed by atoms with van der Waals surface area (Å²) in [5, 5.41) is 5.18. The number of nitrogens with zero attached hydrogens (tertiary/aromatic N) is 1. The fourth-order valence-corrected chi connectivity index (χ4v) is 4.50. The Morgan fingerprint density at radius 2 is 2.09 bits per heavy atom. The van der Waals surface area contributed by atoms with Gasteiger partial charge >= 0.3 is 6.09 Å². The first-order valence-corrected chi connectivity index (χ1v) is 9.44. The number of carbonyl (C=O) groups is 1. The van der Waals surface area contributed by atoms with Crippen LogP contribution in [0.25, 0.3) is 0 Å². The van der Waals surface area contributed by atoms with E-state index < -0.39 is 15.6 Å². The Morgan fingerprint density at radius 1 is 1.45 bits per heavy atom. The van der Waals surface area contributed by atoms with E-state index in [0.717, 1.165) is 23.3 Å². The van der Waals surface area contributed by atoms with E-state index in [9.17, 15) is 13.2 Å². The molecule has 124 valence electrons. The largest absolute Gasteiger partial charge is 0.444 e. The van der Waals surface area contributed by atoms with Crippen molar-refractivity contribution >= 4 is 27.5 Å². The summed E-state index contributed by atoms with van der Waals surface area (Å²) in [6.07, 6.45) is 1.79. The minimum atomic E-state index is -3.66. The van der Waals surface area contributed by atoms with Gasteiger partial charge in [-0.1, -0.05) is 0 Å². The van der Waals surface area contributed by atoms with Crippen molar-refractivity contribution < 1.29 is 17.9 Å². The van der Waals surface area contributed by atoms with Gasteiger partial charge < -0.3 is 9.64 Å². The predicted molar refractivity (Wildman–Crippen MR) is 85.5 cm³/mol. The molecular formula is C14H22N2O4S2. The van der Waals surface area contributed by atoms with Gasteiger partial charge in [0.2, 0.25) is 10.0 Å². The van der Waals surface area contributed by atoms with Gasteiger partial charge in [0, 0.05) is 24.4 Å². The van der Waals surface area contributed by atoms with Crippen LogP contribution in [0.5, 0.6) is 0 Å². The maximum Gasteiger partial charge on any atom is 0.410 e. The SMILES string of the molecule is CN(C(=O)OC(C)(C)C)C1CCc2cc(S(N)(=O)=O)sc2C1. The zero-order chi connectivity index (χ0) is 16.7. The lowest BCUT2D eigenvalue weighted by Crippen LogP contribution is -2.43. The highest BCUT2D eigenvalue weighted by Gasteiger charge is 2.30. The van der Waals surface area contributed by atoms with Gasteiger partial charge in [0.25, 0.3) is 0 Å². The Bertz CT molecular complexity index is 674. The lowest BCUT2D eigenvalue weighted by Gasteiger charge is -2.32. The van der Waals surface area contributed by atoms with Crippen LogP contribution in [0.2, 0.25) is 0 Å². The number of nitrogens with two attached hydrogens (primary N) is 1. The molecule has 1 atom stereocenters. The number of rotatable bonds is 2. The van der Waals surface area contributed by atoms with Crippen molar-refractivity contribution in [2.75, 3.05) is 7.05 Å². The summed E-state index contributed by atoms with van der Waals surface area (Å²) >= 11 is 1.20. The van der Waals surface area contributed by atoms with Crippen molar-refractivity contribution in [3.8, 4) is 0 Å². The smallest absolute Gasteiger partial charge is 0.410 e. The molecule has 0 aliphatic heterocycles. The summed E-state index contributed by atoms with van der Waals surface area (Å²) in [5.41, 5.74) is 0.484. The molecular weight excluding hydrogens is 324 g/mol. The van der Waals surface area contributed by atoms with Crippen molar-refractivity contribution in [1.82, 2.24) is 4.90 Å². The second-order valence-corrected chi connectivity index (χ2v) is 9.47. The minimum Gasteiger partial charge on any atom is -0.444 e. The van der Waals surface area contributed by atoms with E-state index in [4.69, 9.17) is 9.88 Å². The normalized spacial score (nSPS) is 18.7. The Balaban J connectivity index is 2.12. The van der Waals surface area contributed by atoms with E-state index in [-0.39, 0.29) is 16.3 Å². The quantitative estimate of drug-likeness (QED) is 0.888. The van der Waals surface area contributed by atoms with Gasteiger partial charge in [-0.3, -0.25) is 0 Å². The molecule has 1 aromatic rings. The number of fused-ring (bicyclic) bond motifs is 1. The van der Waals surface area contributed by atoms with Crippen LogP contribution in [-0.4, -0.2) is 38.1 Å². The van der Waals surface area contributed by atoms with Gasteiger partial charge in [-0.2, -0.15) is 0 Å². The van der Waals surface area contributed by atoms with Gasteiger partial charge in [0.05, 0.1) is 0 Å². The Morgan fingerprint density at radius 3 is 2.64 bits per heavy atom. The van der Waals surface area contributed by atoms with E-state index in [1.807, 2.05) is 20.8 Å². The molecule has 0 fully saturated rings. The summed E-state index contributed by atoms with van der Waals surface area (Å²) in [5.74, 6) is 0. The van der Waals surface area contributed by atoms with Crippen LogP contribution < -0.4 is 5.14 Å². The summed E-state index contributed by atoms with van der Waals surface area (Å²) < 4.78 is 28.4. The van der Waals surface area contributed by atoms with Crippen molar-refractivity contribution in [3.63, 3.8) is 0 Å². The number of likely N-dealkylation sites (N-methyl/N-ethyl adjacent to an activating group) is 1.